The van der Waals surface area contributed by atoms with Crippen molar-refractivity contribution in [2.24, 2.45) is 5.10 Å². The molecule has 0 bridgehead atoms. The number of hydrogen-bond acceptors (Lipinski definition) is 6. The first-order valence-electron chi connectivity index (χ1n) is 7.51. The molecule has 0 aliphatic carbocycles. The number of hydrogen-bond donors (Lipinski definition) is 2. The lowest BCUT2D eigenvalue weighted by atomic mass is 10.1. The number of amides is 1. The van der Waals surface area contributed by atoms with Crippen LogP contribution in [0.2, 0.25) is 0 Å². The number of nitrogens with one attached hydrogen (secondary N) is 1. The van der Waals surface area contributed by atoms with Crippen LogP contribution in [0.15, 0.2) is 47.6 Å². The number of nitro benzene ring substituents is 1. The topological polar surface area (TPSA) is 114 Å². The number of phenols is 1. The van der Waals surface area contributed by atoms with Gasteiger partial charge in [0.25, 0.3) is 0 Å². The zero-order valence-corrected chi connectivity index (χ0v) is 13.5. The summed E-state index contributed by atoms with van der Waals surface area (Å²) in [7, 11) is 0. The third kappa shape index (κ3) is 5.03. The fraction of sp³-hybridized carbons (Fsp3) is 0.176. The van der Waals surface area contributed by atoms with Crippen LogP contribution in [0.4, 0.5) is 5.69 Å². The molecule has 8 nitrogen and oxygen atoms in total. The largest absolute Gasteiger partial charge is 0.500 e. The Morgan fingerprint density at radius 1 is 1.36 bits per heavy atom. The summed E-state index contributed by atoms with van der Waals surface area (Å²) >= 11 is 0. The molecule has 2 N–H and O–H groups in total. The molecule has 0 spiro atoms. The summed E-state index contributed by atoms with van der Waals surface area (Å²) in [5, 5.41) is 24.6. The van der Waals surface area contributed by atoms with E-state index in [1.54, 1.807) is 6.92 Å². The number of aromatic hydroxyl groups is 1. The Kier molecular flexibility index (Phi) is 6.05. The quantitative estimate of drug-likeness (QED) is 0.455. The average Bonchev–Trinajstić information content (AvgIpc) is 2.58. The molecule has 0 aromatic heterocycles. The number of nitro groups is 1. The smallest absolute Gasteiger partial charge is 0.315 e. The fourth-order valence-electron chi connectivity index (χ4n) is 2.09. The van der Waals surface area contributed by atoms with E-state index in [2.05, 4.69) is 10.5 Å². The van der Waals surface area contributed by atoms with Gasteiger partial charge in [-0.15, -0.1) is 0 Å². The van der Waals surface area contributed by atoms with Crippen molar-refractivity contribution in [2.45, 2.75) is 13.3 Å². The van der Waals surface area contributed by atoms with Crippen LogP contribution >= 0.6 is 0 Å². The highest BCUT2D eigenvalue weighted by atomic mass is 16.6. The molecule has 2 aromatic carbocycles. The predicted molar refractivity (Wildman–Crippen MR) is 91.8 cm³/mol. The molecule has 0 aliphatic heterocycles. The van der Waals surface area contributed by atoms with Gasteiger partial charge in [-0.25, -0.2) is 5.43 Å². The van der Waals surface area contributed by atoms with Gasteiger partial charge < -0.3 is 9.84 Å². The molecule has 0 aliphatic rings. The lowest BCUT2D eigenvalue weighted by Gasteiger charge is -2.07. The molecule has 0 unspecified atom stereocenters. The van der Waals surface area contributed by atoms with Gasteiger partial charge in [0.2, 0.25) is 11.7 Å². The van der Waals surface area contributed by atoms with E-state index in [1.807, 2.05) is 30.3 Å². The number of hydrazone groups is 1. The third-order valence-corrected chi connectivity index (χ3v) is 3.18. The number of nitrogens with zero attached hydrogens (tertiary/aromatic N) is 2. The monoisotopic (exact) mass is 343 g/mol. The molecule has 0 heterocycles. The first-order chi connectivity index (χ1) is 12.0. The molecule has 0 saturated heterocycles. The van der Waals surface area contributed by atoms with Crippen molar-refractivity contribution in [3.05, 3.63) is 63.7 Å². The van der Waals surface area contributed by atoms with Crippen molar-refractivity contribution in [3.8, 4) is 11.5 Å². The zero-order chi connectivity index (χ0) is 18.2. The minimum absolute atomic E-state index is 0.0197. The number of carbonyl (C=O) groups is 1. The second-order valence-corrected chi connectivity index (χ2v) is 5.03. The van der Waals surface area contributed by atoms with Gasteiger partial charge in [0, 0.05) is 11.6 Å². The van der Waals surface area contributed by atoms with Crippen LogP contribution in [0.25, 0.3) is 0 Å². The summed E-state index contributed by atoms with van der Waals surface area (Å²) in [6, 6.07) is 11.7. The van der Waals surface area contributed by atoms with Crippen molar-refractivity contribution < 1.29 is 19.6 Å². The van der Waals surface area contributed by atoms with Gasteiger partial charge in [-0.3, -0.25) is 14.9 Å². The molecule has 8 heteroatoms. The molecule has 0 atom stereocenters. The van der Waals surface area contributed by atoms with Crippen LogP contribution in [0, 0.1) is 10.1 Å². The van der Waals surface area contributed by atoms with Crippen molar-refractivity contribution in [1.29, 1.82) is 0 Å². The minimum atomic E-state index is -0.719. The number of phenolic OH excluding ortho intramolecular Hbond substituents is 1. The third-order valence-electron chi connectivity index (χ3n) is 3.18. The Balaban J connectivity index is 2.09. The van der Waals surface area contributed by atoms with Gasteiger partial charge in [-0.1, -0.05) is 30.3 Å². The van der Waals surface area contributed by atoms with Crippen LogP contribution in [0.1, 0.15) is 18.1 Å². The van der Waals surface area contributed by atoms with E-state index in [4.69, 9.17) is 4.74 Å². The number of ether oxygens (including phenoxy) is 1. The number of carbonyl (C=O) groups excluding carboxylic acids is 1. The molecule has 25 heavy (non-hydrogen) atoms. The van der Waals surface area contributed by atoms with Crippen LogP contribution in [0.5, 0.6) is 11.5 Å². The van der Waals surface area contributed by atoms with E-state index in [0.29, 0.717) is 5.56 Å². The Bertz CT molecular complexity index is 790. The summed E-state index contributed by atoms with van der Waals surface area (Å²) in [4.78, 5) is 22.1. The molecular weight excluding hydrogens is 326 g/mol. The lowest BCUT2D eigenvalue weighted by Crippen LogP contribution is -2.19. The normalized spacial score (nSPS) is 10.6. The van der Waals surface area contributed by atoms with E-state index < -0.39 is 16.4 Å². The van der Waals surface area contributed by atoms with Crippen LogP contribution in [0.3, 0.4) is 0 Å². The Morgan fingerprint density at radius 3 is 2.72 bits per heavy atom. The van der Waals surface area contributed by atoms with Crippen molar-refractivity contribution in [3.63, 3.8) is 0 Å². The Labute approximate surface area is 143 Å². The van der Waals surface area contributed by atoms with Crippen molar-refractivity contribution in [2.75, 3.05) is 6.61 Å². The summed E-state index contributed by atoms with van der Waals surface area (Å²) < 4.78 is 5.17. The zero-order valence-electron chi connectivity index (χ0n) is 13.5. The van der Waals surface area contributed by atoms with Gasteiger partial charge in [-0.05, 0) is 18.6 Å². The van der Waals surface area contributed by atoms with Crippen molar-refractivity contribution >= 4 is 17.8 Å². The second kappa shape index (κ2) is 8.44. The molecule has 0 fully saturated rings. The average molecular weight is 343 g/mol. The summed E-state index contributed by atoms with van der Waals surface area (Å²) in [6.07, 6.45) is 1.41. The minimum Gasteiger partial charge on any atom is -0.500 e. The van der Waals surface area contributed by atoms with Crippen LogP contribution in [-0.4, -0.2) is 28.8 Å². The summed E-state index contributed by atoms with van der Waals surface area (Å²) in [5.41, 5.74) is 3.01. The van der Waals surface area contributed by atoms with E-state index >= 15 is 0 Å². The lowest BCUT2D eigenvalue weighted by molar-refractivity contribution is -0.386. The van der Waals surface area contributed by atoms with E-state index in [-0.39, 0.29) is 24.7 Å². The Hall–Kier alpha value is -3.42. The van der Waals surface area contributed by atoms with Gasteiger partial charge in [0.05, 0.1) is 24.2 Å². The van der Waals surface area contributed by atoms with E-state index in [9.17, 15) is 20.0 Å². The molecule has 0 saturated carbocycles. The van der Waals surface area contributed by atoms with Gasteiger partial charge in [-0.2, -0.15) is 5.10 Å². The SMILES string of the molecule is CCOc1cc(/C=N\NC(=O)Cc2ccccc2)cc([N+](=O)[O-])c1O. The first-order valence-corrected chi connectivity index (χ1v) is 7.51. The predicted octanol–water partition coefficient (Wildman–Crippen LogP) is 2.39. The highest BCUT2D eigenvalue weighted by molar-refractivity contribution is 5.85. The molecule has 1 amide bonds. The number of rotatable bonds is 7. The van der Waals surface area contributed by atoms with E-state index in [1.165, 1.54) is 12.3 Å². The standard InChI is InChI=1S/C17H17N3O5/c1-2-25-15-9-13(8-14(17(15)22)20(23)24)11-18-19-16(21)10-12-6-4-3-5-7-12/h3-9,11,22H,2,10H2,1H3,(H,19,21)/b18-11-. The summed E-state index contributed by atoms with van der Waals surface area (Å²) in [5.74, 6) is -0.883. The van der Waals surface area contributed by atoms with Gasteiger partial charge in [0.1, 0.15) is 0 Å². The fourth-order valence-corrected chi connectivity index (χ4v) is 2.09. The highest BCUT2D eigenvalue weighted by Gasteiger charge is 2.19. The first kappa shape index (κ1) is 17.9. The maximum Gasteiger partial charge on any atom is 0.315 e. The van der Waals surface area contributed by atoms with Crippen LogP contribution in [-0.2, 0) is 11.2 Å². The highest BCUT2D eigenvalue weighted by Crippen LogP contribution is 2.36. The maximum atomic E-state index is 11.8. The second-order valence-electron chi connectivity index (χ2n) is 5.03. The maximum absolute atomic E-state index is 11.8. The van der Waals surface area contributed by atoms with Gasteiger partial charge >= 0.3 is 5.69 Å². The van der Waals surface area contributed by atoms with Gasteiger partial charge in [0.15, 0.2) is 5.75 Å². The molecule has 2 rings (SSSR count). The number of benzene rings is 2. The van der Waals surface area contributed by atoms with Crippen LogP contribution < -0.4 is 10.2 Å². The molecule has 2 aromatic rings. The molecule has 130 valence electrons. The Morgan fingerprint density at radius 2 is 2.08 bits per heavy atom. The molecule has 0 radical (unpaired) electrons. The summed E-state index contributed by atoms with van der Waals surface area (Å²) in [6.45, 7) is 1.93. The van der Waals surface area contributed by atoms with E-state index in [0.717, 1.165) is 11.6 Å². The molecular formula is C17H17N3O5. The van der Waals surface area contributed by atoms with Crippen molar-refractivity contribution in [1.82, 2.24) is 5.43 Å².